The third kappa shape index (κ3) is 3.18. The van der Waals surface area contributed by atoms with E-state index in [9.17, 15) is 26.7 Å². The standard InChI is InChI=1S/C19H8F5N3O2/c20-12-11(13(21)15(23)16(24)14(12)22)18(28)26-9-4-1-3-8(7-9)19-27-17-10(29-19)5-2-6-25-17/h1-7H,(H,26,28). The summed E-state index contributed by atoms with van der Waals surface area (Å²) in [7, 11) is 0. The molecule has 0 saturated heterocycles. The Balaban J connectivity index is 1.68. The lowest BCUT2D eigenvalue weighted by atomic mass is 10.1. The Labute approximate surface area is 158 Å². The number of nitrogens with zero attached hydrogens (tertiary/aromatic N) is 2. The van der Waals surface area contributed by atoms with E-state index in [-0.39, 0.29) is 11.6 Å². The van der Waals surface area contributed by atoms with Crippen LogP contribution in [0.1, 0.15) is 10.4 Å². The van der Waals surface area contributed by atoms with Gasteiger partial charge in [0.25, 0.3) is 5.91 Å². The van der Waals surface area contributed by atoms with E-state index < -0.39 is 40.6 Å². The van der Waals surface area contributed by atoms with Crippen molar-refractivity contribution < 1.29 is 31.2 Å². The van der Waals surface area contributed by atoms with Gasteiger partial charge in [0.1, 0.15) is 5.56 Å². The van der Waals surface area contributed by atoms with Crippen LogP contribution in [-0.4, -0.2) is 15.9 Å². The van der Waals surface area contributed by atoms with Crippen LogP contribution in [0.2, 0.25) is 0 Å². The van der Waals surface area contributed by atoms with E-state index in [1.54, 1.807) is 18.2 Å². The Bertz CT molecular complexity index is 1210. The lowest BCUT2D eigenvalue weighted by molar-refractivity contribution is 0.101. The van der Waals surface area contributed by atoms with Crippen molar-refractivity contribution in [2.45, 2.75) is 0 Å². The van der Waals surface area contributed by atoms with E-state index in [0.717, 1.165) is 0 Å². The van der Waals surface area contributed by atoms with E-state index in [1.807, 2.05) is 0 Å². The Morgan fingerprint density at radius 2 is 1.59 bits per heavy atom. The highest BCUT2D eigenvalue weighted by Gasteiger charge is 2.29. The molecule has 0 fully saturated rings. The minimum atomic E-state index is -2.34. The second-order valence-electron chi connectivity index (χ2n) is 5.82. The summed E-state index contributed by atoms with van der Waals surface area (Å²) in [5.74, 6) is -12.5. The van der Waals surface area contributed by atoms with Crippen LogP contribution in [0.5, 0.6) is 0 Å². The first-order chi connectivity index (χ1) is 13.9. The molecule has 1 N–H and O–H groups in total. The van der Waals surface area contributed by atoms with Gasteiger partial charge in [0.15, 0.2) is 34.5 Å². The second-order valence-corrected chi connectivity index (χ2v) is 5.82. The summed E-state index contributed by atoms with van der Waals surface area (Å²) in [5.41, 5.74) is -0.417. The topological polar surface area (TPSA) is 68.0 Å². The zero-order valence-corrected chi connectivity index (χ0v) is 14.1. The van der Waals surface area contributed by atoms with Crippen LogP contribution in [0.3, 0.4) is 0 Å². The molecule has 0 aliphatic heterocycles. The van der Waals surface area contributed by atoms with Crippen molar-refractivity contribution in [3.8, 4) is 11.5 Å². The van der Waals surface area contributed by atoms with E-state index in [2.05, 4.69) is 15.3 Å². The monoisotopic (exact) mass is 405 g/mol. The average Bonchev–Trinajstić information content (AvgIpc) is 3.15. The van der Waals surface area contributed by atoms with Gasteiger partial charge in [-0.2, -0.15) is 4.98 Å². The fourth-order valence-corrected chi connectivity index (χ4v) is 2.62. The molecule has 4 rings (SSSR count). The number of carbonyl (C=O) groups is 1. The zero-order chi connectivity index (χ0) is 20.7. The maximum atomic E-state index is 13.8. The lowest BCUT2D eigenvalue weighted by Gasteiger charge is -2.09. The van der Waals surface area contributed by atoms with Crippen LogP contribution in [0.15, 0.2) is 47.0 Å². The number of benzene rings is 2. The minimum absolute atomic E-state index is 0.0201. The number of aromatic nitrogens is 2. The molecule has 5 nitrogen and oxygen atoms in total. The molecule has 0 spiro atoms. The molecule has 0 atom stereocenters. The molecular weight excluding hydrogens is 397 g/mol. The van der Waals surface area contributed by atoms with E-state index in [0.29, 0.717) is 16.8 Å². The van der Waals surface area contributed by atoms with Gasteiger partial charge in [-0.1, -0.05) is 6.07 Å². The molecule has 10 heteroatoms. The van der Waals surface area contributed by atoms with E-state index >= 15 is 0 Å². The van der Waals surface area contributed by atoms with E-state index in [4.69, 9.17) is 4.42 Å². The van der Waals surface area contributed by atoms with Gasteiger partial charge in [-0.25, -0.2) is 26.9 Å². The zero-order valence-electron chi connectivity index (χ0n) is 14.1. The van der Waals surface area contributed by atoms with Crippen molar-refractivity contribution in [3.05, 3.63) is 77.2 Å². The van der Waals surface area contributed by atoms with Crippen molar-refractivity contribution in [1.29, 1.82) is 0 Å². The van der Waals surface area contributed by atoms with Crippen molar-refractivity contribution >= 4 is 22.8 Å². The van der Waals surface area contributed by atoms with Gasteiger partial charge in [0.05, 0.1) is 0 Å². The van der Waals surface area contributed by atoms with Gasteiger partial charge in [0, 0.05) is 17.4 Å². The highest BCUT2D eigenvalue weighted by Crippen LogP contribution is 2.27. The summed E-state index contributed by atoms with van der Waals surface area (Å²) >= 11 is 0. The van der Waals surface area contributed by atoms with Gasteiger partial charge < -0.3 is 9.73 Å². The Morgan fingerprint density at radius 3 is 2.28 bits per heavy atom. The number of anilines is 1. The summed E-state index contributed by atoms with van der Waals surface area (Å²) in [6, 6.07) is 9.07. The van der Waals surface area contributed by atoms with Crippen LogP contribution in [-0.2, 0) is 0 Å². The Hall–Kier alpha value is -3.82. The highest BCUT2D eigenvalue weighted by molar-refractivity contribution is 6.05. The molecule has 2 aromatic heterocycles. The third-order valence-electron chi connectivity index (χ3n) is 3.97. The van der Waals surface area contributed by atoms with Gasteiger partial charge in [-0.3, -0.25) is 4.79 Å². The molecule has 2 aromatic carbocycles. The SMILES string of the molecule is O=C(Nc1cccc(-c2nc3ncccc3o2)c1)c1c(F)c(F)c(F)c(F)c1F. The number of hydrogen-bond donors (Lipinski definition) is 1. The molecule has 2 heterocycles. The van der Waals surface area contributed by atoms with Crippen molar-refractivity contribution in [1.82, 2.24) is 9.97 Å². The lowest BCUT2D eigenvalue weighted by Crippen LogP contribution is -2.19. The number of oxazole rings is 1. The number of nitrogens with one attached hydrogen (secondary N) is 1. The maximum absolute atomic E-state index is 13.8. The first-order valence-corrected chi connectivity index (χ1v) is 8.01. The first kappa shape index (κ1) is 18.5. The van der Waals surface area contributed by atoms with Crippen LogP contribution in [0.25, 0.3) is 22.7 Å². The normalized spacial score (nSPS) is 11.1. The fraction of sp³-hybridized carbons (Fsp3) is 0. The molecule has 0 bridgehead atoms. The van der Waals surface area contributed by atoms with Crippen LogP contribution in [0.4, 0.5) is 27.6 Å². The minimum Gasteiger partial charge on any atom is -0.434 e. The second kappa shape index (κ2) is 6.97. The quantitative estimate of drug-likeness (QED) is 0.301. The van der Waals surface area contributed by atoms with Crippen molar-refractivity contribution in [2.75, 3.05) is 5.32 Å². The van der Waals surface area contributed by atoms with Crippen LogP contribution < -0.4 is 5.32 Å². The Morgan fingerprint density at radius 1 is 0.897 bits per heavy atom. The fourth-order valence-electron chi connectivity index (χ4n) is 2.62. The van der Waals surface area contributed by atoms with E-state index in [1.165, 1.54) is 24.4 Å². The van der Waals surface area contributed by atoms with Crippen LogP contribution >= 0.6 is 0 Å². The van der Waals surface area contributed by atoms with Gasteiger partial charge in [0.2, 0.25) is 11.7 Å². The average molecular weight is 405 g/mol. The molecule has 0 saturated carbocycles. The summed E-state index contributed by atoms with van der Waals surface area (Å²) < 4.78 is 72.9. The highest BCUT2D eigenvalue weighted by atomic mass is 19.2. The number of rotatable bonds is 3. The summed E-state index contributed by atoms with van der Waals surface area (Å²) in [4.78, 5) is 20.4. The molecule has 0 aliphatic carbocycles. The molecule has 0 aliphatic rings. The molecule has 146 valence electrons. The van der Waals surface area contributed by atoms with Gasteiger partial charge >= 0.3 is 0 Å². The summed E-state index contributed by atoms with van der Waals surface area (Å²) in [6.45, 7) is 0. The number of pyridine rings is 1. The molecule has 0 radical (unpaired) electrons. The predicted octanol–water partition coefficient (Wildman–Crippen LogP) is 4.84. The maximum Gasteiger partial charge on any atom is 0.261 e. The molecule has 0 unspecified atom stereocenters. The first-order valence-electron chi connectivity index (χ1n) is 8.01. The summed E-state index contributed by atoms with van der Waals surface area (Å²) in [5, 5.41) is 2.10. The van der Waals surface area contributed by atoms with Crippen molar-refractivity contribution in [2.24, 2.45) is 0 Å². The summed E-state index contributed by atoms with van der Waals surface area (Å²) in [6.07, 6.45) is 1.52. The number of amides is 1. The number of carbonyl (C=O) groups excluding carboxylic acids is 1. The van der Waals surface area contributed by atoms with Crippen LogP contribution in [0, 0.1) is 29.1 Å². The number of fused-ring (bicyclic) bond motifs is 1. The smallest absolute Gasteiger partial charge is 0.261 e. The number of hydrogen-bond acceptors (Lipinski definition) is 4. The third-order valence-corrected chi connectivity index (χ3v) is 3.97. The van der Waals surface area contributed by atoms with Gasteiger partial charge in [-0.05, 0) is 30.3 Å². The number of halogens is 5. The molecule has 1 amide bonds. The predicted molar refractivity (Wildman–Crippen MR) is 91.4 cm³/mol. The largest absolute Gasteiger partial charge is 0.434 e. The molecule has 29 heavy (non-hydrogen) atoms. The van der Waals surface area contributed by atoms with Crippen molar-refractivity contribution in [3.63, 3.8) is 0 Å². The molecular formula is C19H8F5N3O2. The van der Waals surface area contributed by atoms with Gasteiger partial charge in [-0.15, -0.1) is 0 Å². The molecule has 4 aromatic rings. The Kier molecular flexibility index (Phi) is 4.45.